The maximum Gasteiger partial charge on any atom is 0.106 e. The molecule has 3 unspecified atom stereocenters. The lowest BCUT2D eigenvalue weighted by molar-refractivity contribution is 0.133. The van der Waals surface area contributed by atoms with Crippen LogP contribution in [0.1, 0.15) is 19.3 Å². The first kappa shape index (κ1) is 14.5. The number of alkyl halides is 1. The van der Waals surface area contributed by atoms with Crippen molar-refractivity contribution >= 4 is 27.7 Å². The molecule has 2 nitrogen and oxygen atoms in total. The maximum absolute atomic E-state index is 5.99. The van der Waals surface area contributed by atoms with Crippen LogP contribution in [0.3, 0.4) is 0 Å². The van der Waals surface area contributed by atoms with Crippen LogP contribution in [0.2, 0.25) is 0 Å². The largest absolute Gasteiger partial charge is 0.497 e. The standard InChI is InChI=1S/C14H21BrO2S/c1-16-5-3-6-17-13-9-11(10-15)8-12-4-2-7-18-14(12)13/h2,7,9,11-12,14H,3-6,8,10H2,1H3. The summed E-state index contributed by atoms with van der Waals surface area (Å²) in [5.41, 5.74) is 0. The third-order valence-electron chi connectivity index (χ3n) is 3.43. The highest BCUT2D eigenvalue weighted by molar-refractivity contribution is 9.09. The summed E-state index contributed by atoms with van der Waals surface area (Å²) in [4.78, 5) is 0. The van der Waals surface area contributed by atoms with Crippen LogP contribution in [0.4, 0.5) is 0 Å². The summed E-state index contributed by atoms with van der Waals surface area (Å²) in [5.74, 6) is 2.56. The minimum absolute atomic E-state index is 0.535. The number of ether oxygens (including phenoxy) is 2. The zero-order chi connectivity index (χ0) is 12.8. The molecule has 102 valence electrons. The lowest BCUT2D eigenvalue weighted by atomic mass is 9.84. The van der Waals surface area contributed by atoms with Crippen LogP contribution in [-0.4, -0.2) is 30.9 Å². The van der Waals surface area contributed by atoms with Gasteiger partial charge in [-0.2, -0.15) is 0 Å². The number of methoxy groups -OCH3 is 1. The summed E-state index contributed by atoms with van der Waals surface area (Å²) in [6, 6.07) is 0. The lowest BCUT2D eigenvalue weighted by Crippen LogP contribution is -2.30. The van der Waals surface area contributed by atoms with Gasteiger partial charge in [0, 0.05) is 25.5 Å². The van der Waals surface area contributed by atoms with Crippen molar-refractivity contribution in [1.82, 2.24) is 0 Å². The smallest absolute Gasteiger partial charge is 0.106 e. The van der Waals surface area contributed by atoms with Gasteiger partial charge in [-0.25, -0.2) is 0 Å². The zero-order valence-electron chi connectivity index (χ0n) is 10.8. The van der Waals surface area contributed by atoms with E-state index in [1.165, 1.54) is 18.6 Å². The van der Waals surface area contributed by atoms with Gasteiger partial charge in [0.15, 0.2) is 0 Å². The van der Waals surface area contributed by atoms with Gasteiger partial charge in [-0.3, -0.25) is 0 Å². The van der Waals surface area contributed by atoms with Gasteiger partial charge in [0.05, 0.1) is 11.9 Å². The van der Waals surface area contributed by atoms with Crippen molar-refractivity contribution in [1.29, 1.82) is 0 Å². The predicted molar refractivity (Wildman–Crippen MR) is 81.1 cm³/mol. The summed E-state index contributed by atoms with van der Waals surface area (Å²) in [6.45, 7) is 1.54. The molecular weight excluding hydrogens is 312 g/mol. The van der Waals surface area contributed by atoms with Gasteiger partial charge in [0.25, 0.3) is 0 Å². The Bertz CT molecular complexity index is 317. The predicted octanol–water partition coefficient (Wildman–Crippen LogP) is 3.97. The SMILES string of the molecule is COCCCOC1=CC(CBr)CC2CC=CSC12. The van der Waals surface area contributed by atoms with Crippen LogP contribution in [-0.2, 0) is 9.47 Å². The second kappa shape index (κ2) is 7.61. The molecule has 2 rings (SSSR count). The highest BCUT2D eigenvalue weighted by Crippen LogP contribution is 2.42. The minimum atomic E-state index is 0.535. The Kier molecular flexibility index (Phi) is 6.12. The molecule has 3 atom stereocenters. The summed E-state index contributed by atoms with van der Waals surface area (Å²) >= 11 is 5.51. The fourth-order valence-corrected chi connectivity index (χ4v) is 4.11. The van der Waals surface area contributed by atoms with E-state index in [4.69, 9.17) is 9.47 Å². The first-order chi connectivity index (χ1) is 8.85. The van der Waals surface area contributed by atoms with Crippen LogP contribution in [0, 0.1) is 11.8 Å². The summed E-state index contributed by atoms with van der Waals surface area (Å²) in [5, 5.41) is 3.80. The summed E-state index contributed by atoms with van der Waals surface area (Å²) in [6.07, 6.45) is 8.06. The quantitative estimate of drug-likeness (QED) is 0.541. The van der Waals surface area contributed by atoms with E-state index in [-0.39, 0.29) is 0 Å². The van der Waals surface area contributed by atoms with E-state index in [2.05, 4.69) is 33.5 Å². The molecule has 0 bridgehead atoms. The first-order valence-corrected chi connectivity index (χ1v) is 8.61. The molecule has 1 aliphatic heterocycles. The van der Waals surface area contributed by atoms with Crippen molar-refractivity contribution in [2.24, 2.45) is 11.8 Å². The van der Waals surface area contributed by atoms with E-state index < -0.39 is 0 Å². The van der Waals surface area contributed by atoms with E-state index in [0.29, 0.717) is 11.2 Å². The third-order valence-corrected chi connectivity index (χ3v) is 5.53. The molecule has 0 aromatic carbocycles. The van der Waals surface area contributed by atoms with Gasteiger partial charge < -0.3 is 9.47 Å². The maximum atomic E-state index is 5.99. The molecule has 0 N–H and O–H groups in total. The van der Waals surface area contributed by atoms with Crippen LogP contribution in [0.5, 0.6) is 0 Å². The molecule has 0 aromatic rings. The van der Waals surface area contributed by atoms with Gasteiger partial charge >= 0.3 is 0 Å². The lowest BCUT2D eigenvalue weighted by Gasteiger charge is -2.35. The van der Waals surface area contributed by atoms with Crippen molar-refractivity contribution in [3.05, 3.63) is 23.3 Å². The Morgan fingerprint density at radius 1 is 1.44 bits per heavy atom. The molecule has 18 heavy (non-hydrogen) atoms. The summed E-state index contributed by atoms with van der Waals surface area (Å²) < 4.78 is 11.0. The molecule has 0 saturated carbocycles. The first-order valence-electron chi connectivity index (χ1n) is 6.55. The number of hydrogen-bond donors (Lipinski definition) is 0. The van der Waals surface area contributed by atoms with Gasteiger partial charge in [-0.05, 0) is 36.2 Å². The molecule has 2 aliphatic rings. The molecule has 0 amide bonds. The zero-order valence-corrected chi connectivity index (χ0v) is 13.2. The Labute approximate surface area is 122 Å². The molecular formula is C14H21BrO2S. The average Bonchev–Trinajstić information content (AvgIpc) is 2.43. The fourth-order valence-electron chi connectivity index (χ4n) is 2.54. The van der Waals surface area contributed by atoms with E-state index in [9.17, 15) is 0 Å². The number of fused-ring (bicyclic) bond motifs is 1. The Hall–Kier alpha value is 0.0700. The van der Waals surface area contributed by atoms with Crippen molar-refractivity contribution in [3.8, 4) is 0 Å². The molecule has 1 heterocycles. The van der Waals surface area contributed by atoms with E-state index in [1.807, 2.05) is 11.8 Å². The Morgan fingerprint density at radius 2 is 2.33 bits per heavy atom. The highest BCUT2D eigenvalue weighted by atomic mass is 79.9. The molecule has 4 heteroatoms. The van der Waals surface area contributed by atoms with Gasteiger partial charge in [-0.15, -0.1) is 11.8 Å². The van der Waals surface area contributed by atoms with E-state index >= 15 is 0 Å². The van der Waals surface area contributed by atoms with Crippen LogP contribution < -0.4 is 0 Å². The summed E-state index contributed by atoms with van der Waals surface area (Å²) in [7, 11) is 1.73. The molecule has 0 radical (unpaired) electrons. The van der Waals surface area contributed by atoms with Gasteiger partial charge in [0.1, 0.15) is 5.76 Å². The van der Waals surface area contributed by atoms with Crippen molar-refractivity contribution in [2.45, 2.75) is 24.5 Å². The van der Waals surface area contributed by atoms with Crippen molar-refractivity contribution in [2.75, 3.05) is 25.7 Å². The highest BCUT2D eigenvalue weighted by Gasteiger charge is 2.33. The number of hydrogen-bond acceptors (Lipinski definition) is 3. The van der Waals surface area contributed by atoms with Crippen LogP contribution in [0.15, 0.2) is 23.3 Å². The minimum Gasteiger partial charge on any atom is -0.497 e. The van der Waals surface area contributed by atoms with Crippen LogP contribution in [0.25, 0.3) is 0 Å². The second-order valence-electron chi connectivity index (χ2n) is 4.84. The second-order valence-corrected chi connectivity index (χ2v) is 6.54. The monoisotopic (exact) mass is 332 g/mol. The third kappa shape index (κ3) is 3.78. The average molecular weight is 333 g/mol. The Balaban J connectivity index is 1.94. The molecule has 1 aliphatic carbocycles. The molecule has 0 spiro atoms. The number of rotatable bonds is 6. The Morgan fingerprint density at radius 3 is 3.11 bits per heavy atom. The molecule has 0 aromatic heterocycles. The van der Waals surface area contributed by atoms with Crippen molar-refractivity contribution in [3.63, 3.8) is 0 Å². The number of halogens is 1. The molecule has 0 saturated heterocycles. The topological polar surface area (TPSA) is 18.5 Å². The van der Waals surface area contributed by atoms with Crippen molar-refractivity contribution < 1.29 is 9.47 Å². The van der Waals surface area contributed by atoms with E-state index in [0.717, 1.165) is 30.9 Å². The molecule has 0 fully saturated rings. The van der Waals surface area contributed by atoms with Gasteiger partial charge in [0.2, 0.25) is 0 Å². The number of thioether (sulfide) groups is 1. The fraction of sp³-hybridized carbons (Fsp3) is 0.714. The van der Waals surface area contributed by atoms with E-state index in [1.54, 1.807) is 7.11 Å². The van der Waals surface area contributed by atoms with Gasteiger partial charge in [-0.1, -0.05) is 22.0 Å². The normalized spacial score (nSPS) is 30.8. The number of allylic oxidation sites excluding steroid dienone is 2. The van der Waals surface area contributed by atoms with Crippen LogP contribution >= 0.6 is 27.7 Å².